The third kappa shape index (κ3) is 2.19. The number of carbonyl (C=O) groups excluding carboxylic acids is 1. The van der Waals surface area contributed by atoms with Crippen LogP contribution in [0.3, 0.4) is 0 Å². The predicted molar refractivity (Wildman–Crippen MR) is 62.5 cm³/mol. The molecule has 1 aromatic heterocycles. The first-order valence-corrected chi connectivity index (χ1v) is 5.09. The van der Waals surface area contributed by atoms with Crippen LogP contribution >= 0.6 is 0 Å². The predicted octanol–water partition coefficient (Wildman–Crippen LogP) is 1.06. The number of aromatic nitrogens is 3. The summed E-state index contributed by atoms with van der Waals surface area (Å²) in [6, 6.07) is 4.66. The van der Waals surface area contributed by atoms with E-state index in [9.17, 15) is 9.59 Å². The lowest BCUT2D eigenvalue weighted by Gasteiger charge is -2.08. The average molecular weight is 246 g/mol. The lowest BCUT2D eigenvalue weighted by Crippen LogP contribution is -2.15. The van der Waals surface area contributed by atoms with E-state index >= 15 is 0 Å². The van der Waals surface area contributed by atoms with Crippen LogP contribution in [0.25, 0.3) is 0 Å². The number of anilines is 1. The van der Waals surface area contributed by atoms with Crippen molar-refractivity contribution in [2.24, 2.45) is 0 Å². The second-order valence-electron chi connectivity index (χ2n) is 3.57. The Morgan fingerprint density at radius 2 is 2.17 bits per heavy atom. The zero-order chi connectivity index (χ0) is 13.1. The highest BCUT2D eigenvalue weighted by Crippen LogP contribution is 2.19. The van der Waals surface area contributed by atoms with Crippen molar-refractivity contribution in [3.05, 3.63) is 41.5 Å². The van der Waals surface area contributed by atoms with Gasteiger partial charge in [-0.05, 0) is 24.6 Å². The monoisotopic (exact) mass is 246 g/mol. The number of H-pyrrole nitrogens is 1. The van der Waals surface area contributed by atoms with Crippen molar-refractivity contribution < 1.29 is 14.7 Å². The van der Waals surface area contributed by atoms with E-state index in [0.717, 1.165) is 0 Å². The van der Waals surface area contributed by atoms with E-state index in [0.29, 0.717) is 11.3 Å². The van der Waals surface area contributed by atoms with Crippen LogP contribution in [0.15, 0.2) is 24.5 Å². The van der Waals surface area contributed by atoms with Crippen LogP contribution in [0.2, 0.25) is 0 Å². The third-order valence-electron chi connectivity index (χ3n) is 2.44. The number of aromatic carboxylic acids is 1. The van der Waals surface area contributed by atoms with Gasteiger partial charge in [0.05, 0.1) is 5.56 Å². The number of amides is 1. The number of hydrogen-bond acceptors (Lipinski definition) is 4. The van der Waals surface area contributed by atoms with Gasteiger partial charge in [0.2, 0.25) is 5.82 Å². The molecule has 0 radical (unpaired) electrons. The summed E-state index contributed by atoms with van der Waals surface area (Å²) >= 11 is 0. The summed E-state index contributed by atoms with van der Waals surface area (Å²) in [5.41, 5.74) is 1.06. The van der Waals surface area contributed by atoms with E-state index < -0.39 is 11.9 Å². The van der Waals surface area contributed by atoms with Gasteiger partial charge in [0, 0.05) is 5.69 Å². The van der Waals surface area contributed by atoms with Gasteiger partial charge in [0.15, 0.2) is 0 Å². The molecule has 2 aromatic rings. The molecule has 0 bridgehead atoms. The number of hydrogen-bond donors (Lipinski definition) is 3. The first-order valence-electron chi connectivity index (χ1n) is 5.09. The summed E-state index contributed by atoms with van der Waals surface area (Å²) in [7, 11) is 0. The molecular formula is C11H10N4O3. The summed E-state index contributed by atoms with van der Waals surface area (Å²) in [4.78, 5) is 26.4. The van der Waals surface area contributed by atoms with Crippen molar-refractivity contribution in [3.63, 3.8) is 0 Å². The fourth-order valence-corrected chi connectivity index (χ4v) is 1.50. The first kappa shape index (κ1) is 11.8. The Hall–Kier alpha value is -2.70. The first-order chi connectivity index (χ1) is 8.59. The molecule has 3 N–H and O–H groups in total. The molecule has 1 amide bonds. The number of benzene rings is 1. The lowest BCUT2D eigenvalue weighted by molar-refractivity contribution is 0.0695. The van der Waals surface area contributed by atoms with Gasteiger partial charge in [-0.2, -0.15) is 5.10 Å². The summed E-state index contributed by atoms with van der Waals surface area (Å²) in [6.07, 6.45) is 1.22. The Labute approximate surface area is 102 Å². The fourth-order valence-electron chi connectivity index (χ4n) is 1.50. The minimum Gasteiger partial charge on any atom is -0.478 e. The molecule has 0 fully saturated rings. The van der Waals surface area contributed by atoms with Gasteiger partial charge in [-0.25, -0.2) is 9.78 Å². The Balaban J connectivity index is 2.27. The highest BCUT2D eigenvalue weighted by Gasteiger charge is 2.14. The molecule has 7 nitrogen and oxygen atoms in total. The van der Waals surface area contributed by atoms with Crippen LogP contribution in [0, 0.1) is 6.92 Å². The smallest absolute Gasteiger partial charge is 0.336 e. The fraction of sp³-hybridized carbons (Fsp3) is 0.0909. The molecule has 0 saturated heterocycles. The second-order valence-corrected chi connectivity index (χ2v) is 3.57. The van der Waals surface area contributed by atoms with Crippen LogP contribution in [-0.4, -0.2) is 32.2 Å². The van der Waals surface area contributed by atoms with Crippen molar-refractivity contribution in [2.75, 3.05) is 5.32 Å². The number of nitrogens with one attached hydrogen (secondary N) is 2. The molecule has 1 aromatic carbocycles. The van der Waals surface area contributed by atoms with Crippen LogP contribution < -0.4 is 5.32 Å². The third-order valence-corrected chi connectivity index (χ3v) is 2.44. The van der Waals surface area contributed by atoms with Crippen LogP contribution in [0.1, 0.15) is 26.5 Å². The molecule has 0 unspecified atom stereocenters. The molecule has 0 aliphatic heterocycles. The Morgan fingerprint density at radius 3 is 2.78 bits per heavy atom. The standard InChI is InChI=1S/C11H10N4O3/c1-6-7(11(17)18)3-2-4-8(6)14-10(16)9-12-5-13-15-9/h2-5H,1H3,(H,14,16)(H,17,18)(H,12,13,15). The van der Waals surface area contributed by atoms with Crippen molar-refractivity contribution >= 4 is 17.6 Å². The maximum absolute atomic E-state index is 11.7. The topological polar surface area (TPSA) is 108 Å². The van der Waals surface area contributed by atoms with E-state index in [-0.39, 0.29) is 11.4 Å². The highest BCUT2D eigenvalue weighted by atomic mass is 16.4. The zero-order valence-corrected chi connectivity index (χ0v) is 9.47. The molecule has 92 valence electrons. The van der Waals surface area contributed by atoms with Crippen molar-refractivity contribution in [3.8, 4) is 0 Å². The van der Waals surface area contributed by atoms with Gasteiger partial charge in [-0.3, -0.25) is 9.89 Å². The Bertz CT molecular complexity index is 592. The van der Waals surface area contributed by atoms with Gasteiger partial charge in [-0.1, -0.05) is 6.07 Å². The molecular weight excluding hydrogens is 236 g/mol. The molecule has 0 aliphatic carbocycles. The number of nitrogens with zero attached hydrogens (tertiary/aromatic N) is 2. The maximum Gasteiger partial charge on any atom is 0.336 e. The van der Waals surface area contributed by atoms with E-state index in [1.807, 2.05) is 0 Å². The molecule has 0 atom stereocenters. The molecule has 7 heteroatoms. The minimum atomic E-state index is -1.04. The molecule has 1 heterocycles. The minimum absolute atomic E-state index is 0.0649. The van der Waals surface area contributed by atoms with Crippen LogP contribution in [0.5, 0.6) is 0 Å². The highest BCUT2D eigenvalue weighted by molar-refractivity contribution is 6.03. The van der Waals surface area contributed by atoms with Gasteiger partial charge in [-0.15, -0.1) is 0 Å². The molecule has 18 heavy (non-hydrogen) atoms. The summed E-state index contributed by atoms with van der Waals surface area (Å²) in [5, 5.41) is 17.5. The number of aromatic amines is 1. The van der Waals surface area contributed by atoms with Crippen molar-refractivity contribution in [1.82, 2.24) is 15.2 Å². The number of carbonyl (C=O) groups is 2. The lowest BCUT2D eigenvalue weighted by atomic mass is 10.1. The van der Waals surface area contributed by atoms with Gasteiger partial charge in [0.1, 0.15) is 6.33 Å². The number of rotatable bonds is 3. The molecule has 0 saturated carbocycles. The summed E-state index contributed by atoms with van der Waals surface area (Å²) < 4.78 is 0. The van der Waals surface area contributed by atoms with Crippen LogP contribution in [0.4, 0.5) is 5.69 Å². The molecule has 0 spiro atoms. The number of carboxylic acid groups (broad SMARTS) is 1. The van der Waals surface area contributed by atoms with Gasteiger partial charge >= 0.3 is 5.97 Å². The van der Waals surface area contributed by atoms with E-state index in [4.69, 9.17) is 5.11 Å². The van der Waals surface area contributed by atoms with Crippen molar-refractivity contribution in [1.29, 1.82) is 0 Å². The summed E-state index contributed by atoms with van der Waals surface area (Å²) in [5.74, 6) is -1.45. The van der Waals surface area contributed by atoms with E-state index in [1.165, 1.54) is 12.4 Å². The largest absolute Gasteiger partial charge is 0.478 e. The Kier molecular flexibility index (Phi) is 3.05. The summed E-state index contributed by atoms with van der Waals surface area (Å²) in [6.45, 7) is 1.62. The quantitative estimate of drug-likeness (QED) is 0.750. The SMILES string of the molecule is Cc1c(NC(=O)c2ncn[nH]2)cccc1C(=O)O. The normalized spacial score (nSPS) is 10.1. The zero-order valence-electron chi connectivity index (χ0n) is 9.47. The molecule has 2 rings (SSSR count). The second kappa shape index (κ2) is 4.66. The van der Waals surface area contributed by atoms with E-state index in [1.54, 1.807) is 19.1 Å². The van der Waals surface area contributed by atoms with Gasteiger partial charge < -0.3 is 10.4 Å². The maximum atomic E-state index is 11.7. The molecule has 0 aliphatic rings. The average Bonchev–Trinajstić information content (AvgIpc) is 2.85. The van der Waals surface area contributed by atoms with E-state index in [2.05, 4.69) is 20.5 Å². The number of carboxylic acids is 1. The van der Waals surface area contributed by atoms with Gasteiger partial charge in [0.25, 0.3) is 5.91 Å². The Morgan fingerprint density at radius 1 is 1.39 bits per heavy atom. The van der Waals surface area contributed by atoms with Crippen LogP contribution in [-0.2, 0) is 0 Å². The van der Waals surface area contributed by atoms with Crippen molar-refractivity contribution in [2.45, 2.75) is 6.92 Å².